The average molecular weight is 957 g/mol. The van der Waals surface area contributed by atoms with E-state index in [1.165, 1.54) is 122 Å². The van der Waals surface area contributed by atoms with E-state index in [0.29, 0.717) is 19.3 Å². The lowest BCUT2D eigenvalue weighted by atomic mass is 10.0. The fourth-order valence-electron chi connectivity index (χ4n) is 7.68. The van der Waals surface area contributed by atoms with Gasteiger partial charge in [0.25, 0.3) is 0 Å². The SMILES string of the molecule is CCCCC/C=C\C/C=C\CCCCCCCC(=O)OCC(COP(=O)(O)OCC(CO)OC(=O)CCCCCCCCCCCCC)OC(=O)CCCCCCCCCCCCCCC. The fourth-order valence-corrected chi connectivity index (χ4v) is 8.47. The van der Waals surface area contributed by atoms with Crippen molar-refractivity contribution in [2.45, 2.75) is 277 Å². The molecule has 0 aliphatic heterocycles. The molecule has 11 nitrogen and oxygen atoms in total. The number of esters is 3. The molecule has 0 spiro atoms. The molecule has 0 radical (unpaired) electrons. The van der Waals surface area contributed by atoms with E-state index < -0.39 is 57.8 Å². The monoisotopic (exact) mass is 957 g/mol. The second-order valence-electron chi connectivity index (χ2n) is 18.4. The first-order chi connectivity index (χ1) is 32.2. The molecule has 0 bridgehead atoms. The highest BCUT2D eigenvalue weighted by Crippen LogP contribution is 2.43. The predicted octanol–water partition coefficient (Wildman–Crippen LogP) is 15.5. The molecule has 3 atom stereocenters. The Morgan fingerprint density at radius 3 is 1.15 bits per heavy atom. The molecular weight excluding hydrogens is 856 g/mol. The van der Waals surface area contributed by atoms with E-state index in [0.717, 1.165) is 83.5 Å². The first-order valence-electron chi connectivity index (χ1n) is 27.2. The van der Waals surface area contributed by atoms with Crippen LogP contribution in [0.4, 0.5) is 0 Å². The number of carbonyl (C=O) groups is 3. The van der Waals surface area contributed by atoms with Gasteiger partial charge in [0.05, 0.1) is 19.8 Å². The number of phosphoric ester groups is 1. The van der Waals surface area contributed by atoms with Gasteiger partial charge in [0, 0.05) is 19.3 Å². The number of aliphatic hydroxyl groups excluding tert-OH is 1. The maximum atomic E-state index is 12.8. The van der Waals surface area contributed by atoms with Crippen LogP contribution in [0.2, 0.25) is 0 Å². The standard InChI is InChI=1S/C54H101O11P/c1-4-7-10-13-16-19-22-24-25-27-29-31-34-37-40-43-52(56)61-47-51(65-54(58)45-42-39-36-33-30-26-23-20-17-14-11-8-5-2)49-63-66(59,60)62-48-50(46-55)64-53(57)44-41-38-35-32-28-21-18-15-12-9-6-3/h16,19,24-25,50-51,55H,4-15,17-18,20-23,26-49H2,1-3H3,(H,59,60)/b19-16-,25-24-. The summed E-state index contributed by atoms with van der Waals surface area (Å²) in [5, 5.41) is 9.77. The molecule has 0 aliphatic rings. The summed E-state index contributed by atoms with van der Waals surface area (Å²) in [7, 11) is -4.73. The summed E-state index contributed by atoms with van der Waals surface area (Å²) in [6, 6.07) is 0. The van der Waals surface area contributed by atoms with Crippen molar-refractivity contribution in [3.05, 3.63) is 24.3 Å². The first kappa shape index (κ1) is 64.0. The number of rotatable bonds is 51. The van der Waals surface area contributed by atoms with Gasteiger partial charge in [0.1, 0.15) is 12.7 Å². The Morgan fingerprint density at radius 2 is 0.742 bits per heavy atom. The zero-order valence-corrected chi connectivity index (χ0v) is 43.6. The van der Waals surface area contributed by atoms with Gasteiger partial charge in [-0.2, -0.15) is 0 Å². The van der Waals surface area contributed by atoms with Crippen molar-refractivity contribution in [1.29, 1.82) is 0 Å². The van der Waals surface area contributed by atoms with E-state index in [1.54, 1.807) is 0 Å². The molecule has 0 rings (SSSR count). The summed E-state index contributed by atoms with van der Waals surface area (Å²) >= 11 is 0. The molecule has 0 fully saturated rings. The van der Waals surface area contributed by atoms with Crippen molar-refractivity contribution in [1.82, 2.24) is 0 Å². The normalized spacial score (nSPS) is 13.6. The Balaban J connectivity index is 4.72. The third kappa shape index (κ3) is 47.0. The Kier molecular flexibility index (Phi) is 47.9. The highest BCUT2D eigenvalue weighted by atomic mass is 31.2. The lowest BCUT2D eigenvalue weighted by Gasteiger charge is -2.21. The van der Waals surface area contributed by atoms with Crippen LogP contribution in [-0.2, 0) is 42.2 Å². The van der Waals surface area contributed by atoms with Crippen LogP contribution < -0.4 is 0 Å². The number of unbranched alkanes of at least 4 members (excludes halogenated alkanes) is 30. The Labute approximate surface area is 404 Å². The molecule has 0 aliphatic carbocycles. The summed E-state index contributed by atoms with van der Waals surface area (Å²) < 4.78 is 39.4. The molecule has 0 aromatic rings. The third-order valence-electron chi connectivity index (χ3n) is 11.9. The quantitative estimate of drug-likeness (QED) is 0.0197. The van der Waals surface area contributed by atoms with Gasteiger partial charge in [0.15, 0.2) is 6.10 Å². The summed E-state index contributed by atoms with van der Waals surface area (Å²) in [4.78, 5) is 48.3. The second kappa shape index (κ2) is 49.4. The lowest BCUT2D eigenvalue weighted by Crippen LogP contribution is -2.30. The van der Waals surface area contributed by atoms with Crippen molar-refractivity contribution in [3.8, 4) is 0 Å². The van der Waals surface area contributed by atoms with E-state index in [2.05, 4.69) is 45.1 Å². The maximum absolute atomic E-state index is 12.8. The van der Waals surface area contributed by atoms with Crippen molar-refractivity contribution >= 4 is 25.7 Å². The molecule has 388 valence electrons. The fraction of sp³-hybridized carbons (Fsp3) is 0.870. The number of carbonyl (C=O) groups excluding carboxylic acids is 3. The summed E-state index contributed by atoms with van der Waals surface area (Å²) in [6.45, 7) is 4.62. The molecule has 3 unspecified atom stereocenters. The van der Waals surface area contributed by atoms with Crippen LogP contribution >= 0.6 is 7.82 Å². The van der Waals surface area contributed by atoms with Gasteiger partial charge in [-0.1, -0.05) is 218 Å². The van der Waals surface area contributed by atoms with Crippen LogP contribution in [0.25, 0.3) is 0 Å². The molecule has 0 saturated heterocycles. The minimum Gasteiger partial charge on any atom is -0.462 e. The Hall–Kier alpha value is -2.04. The largest absolute Gasteiger partial charge is 0.472 e. The molecular formula is C54H101O11P. The zero-order chi connectivity index (χ0) is 48.4. The maximum Gasteiger partial charge on any atom is 0.472 e. The number of phosphoric acid groups is 1. The summed E-state index contributed by atoms with van der Waals surface area (Å²) in [5.74, 6) is -1.46. The van der Waals surface area contributed by atoms with Crippen LogP contribution in [0.5, 0.6) is 0 Å². The minimum atomic E-state index is -4.73. The highest BCUT2D eigenvalue weighted by Gasteiger charge is 2.28. The van der Waals surface area contributed by atoms with E-state index in [1.807, 2.05) is 0 Å². The lowest BCUT2D eigenvalue weighted by molar-refractivity contribution is -0.161. The van der Waals surface area contributed by atoms with Gasteiger partial charge in [-0.05, 0) is 51.4 Å². The molecule has 12 heteroatoms. The highest BCUT2D eigenvalue weighted by molar-refractivity contribution is 7.47. The van der Waals surface area contributed by atoms with E-state index in [4.69, 9.17) is 23.3 Å². The van der Waals surface area contributed by atoms with E-state index in [-0.39, 0.29) is 25.9 Å². The van der Waals surface area contributed by atoms with Crippen LogP contribution in [0.1, 0.15) is 265 Å². The summed E-state index contributed by atoms with van der Waals surface area (Å²) in [6.07, 6.45) is 47.1. The van der Waals surface area contributed by atoms with Gasteiger partial charge in [-0.25, -0.2) is 4.57 Å². The molecule has 0 saturated carbocycles. The zero-order valence-electron chi connectivity index (χ0n) is 42.7. The van der Waals surface area contributed by atoms with E-state index in [9.17, 15) is 28.9 Å². The molecule has 0 aromatic carbocycles. The van der Waals surface area contributed by atoms with Gasteiger partial charge in [0.2, 0.25) is 0 Å². The average Bonchev–Trinajstić information content (AvgIpc) is 3.30. The first-order valence-corrected chi connectivity index (χ1v) is 28.7. The molecule has 2 N–H and O–H groups in total. The van der Waals surface area contributed by atoms with Crippen molar-refractivity contribution < 1.29 is 52.2 Å². The number of hydrogen-bond acceptors (Lipinski definition) is 10. The number of hydrogen-bond donors (Lipinski definition) is 2. The molecule has 0 heterocycles. The molecule has 0 amide bonds. The minimum absolute atomic E-state index is 0.171. The predicted molar refractivity (Wildman–Crippen MR) is 270 cm³/mol. The van der Waals surface area contributed by atoms with Crippen molar-refractivity contribution in [2.75, 3.05) is 26.4 Å². The topological polar surface area (TPSA) is 155 Å². The second-order valence-corrected chi connectivity index (χ2v) is 19.9. The van der Waals surface area contributed by atoms with Crippen molar-refractivity contribution in [3.63, 3.8) is 0 Å². The van der Waals surface area contributed by atoms with Gasteiger partial charge < -0.3 is 24.2 Å². The number of allylic oxidation sites excluding steroid dienone is 4. The smallest absolute Gasteiger partial charge is 0.462 e. The Bertz CT molecular complexity index is 1210. The Morgan fingerprint density at radius 1 is 0.424 bits per heavy atom. The molecule has 66 heavy (non-hydrogen) atoms. The molecule has 0 aromatic heterocycles. The van der Waals surface area contributed by atoms with Crippen LogP contribution in [-0.4, -0.2) is 66.5 Å². The van der Waals surface area contributed by atoms with Gasteiger partial charge in [-0.3, -0.25) is 23.4 Å². The van der Waals surface area contributed by atoms with Crippen LogP contribution in [0, 0.1) is 0 Å². The van der Waals surface area contributed by atoms with Crippen molar-refractivity contribution in [2.24, 2.45) is 0 Å². The van der Waals surface area contributed by atoms with Gasteiger partial charge in [-0.15, -0.1) is 0 Å². The van der Waals surface area contributed by atoms with E-state index >= 15 is 0 Å². The summed E-state index contributed by atoms with van der Waals surface area (Å²) in [5.41, 5.74) is 0. The van der Waals surface area contributed by atoms with Crippen LogP contribution in [0.3, 0.4) is 0 Å². The van der Waals surface area contributed by atoms with Crippen LogP contribution in [0.15, 0.2) is 24.3 Å². The number of ether oxygens (including phenoxy) is 3. The number of aliphatic hydroxyl groups is 1. The van der Waals surface area contributed by atoms with Gasteiger partial charge >= 0.3 is 25.7 Å². The third-order valence-corrected chi connectivity index (χ3v) is 12.8.